The normalized spacial score (nSPS) is 24.4. The molecule has 14 heavy (non-hydrogen) atoms. The first-order chi connectivity index (χ1) is 6.92. The Bertz CT molecular complexity index is 172. The Labute approximate surface area is 88.8 Å². The summed E-state index contributed by atoms with van der Waals surface area (Å²) in [6.07, 6.45) is 15.7. The minimum Gasteiger partial charge on any atom is -0.0850 e. The van der Waals surface area contributed by atoms with Crippen LogP contribution in [-0.2, 0) is 0 Å². The first-order valence-corrected chi connectivity index (χ1v) is 6.61. The molecular weight excluding hydrogens is 168 g/mol. The third kappa shape index (κ3) is 2.21. The van der Waals surface area contributed by atoms with E-state index < -0.39 is 0 Å². The molecule has 0 aromatic rings. The molecule has 0 atom stereocenters. The lowest BCUT2D eigenvalue weighted by atomic mass is 9.85. The lowest BCUT2D eigenvalue weighted by Gasteiger charge is -2.21. The van der Waals surface area contributed by atoms with Crippen LogP contribution in [0, 0.1) is 11.8 Å². The fourth-order valence-electron chi connectivity index (χ4n) is 3.42. The smallest absolute Gasteiger partial charge is 0.0200 e. The van der Waals surface area contributed by atoms with Crippen LogP contribution in [0.15, 0.2) is 11.6 Å². The van der Waals surface area contributed by atoms with Crippen molar-refractivity contribution >= 4 is 0 Å². The molecule has 0 saturated heterocycles. The van der Waals surface area contributed by atoms with E-state index in [1.165, 1.54) is 57.8 Å². The van der Waals surface area contributed by atoms with Gasteiger partial charge in [-0.05, 0) is 43.9 Å². The van der Waals surface area contributed by atoms with E-state index in [0.717, 1.165) is 11.8 Å². The molecule has 0 aromatic heterocycles. The van der Waals surface area contributed by atoms with E-state index in [1.54, 1.807) is 0 Å². The Hall–Kier alpha value is -0.260. The molecule has 2 aliphatic rings. The van der Waals surface area contributed by atoms with Gasteiger partial charge in [0.05, 0.1) is 0 Å². The van der Waals surface area contributed by atoms with E-state index in [1.807, 2.05) is 5.57 Å². The molecule has 0 unspecified atom stereocenters. The van der Waals surface area contributed by atoms with E-state index in [0.29, 0.717) is 0 Å². The van der Waals surface area contributed by atoms with Gasteiger partial charge < -0.3 is 0 Å². The molecule has 0 heteroatoms. The van der Waals surface area contributed by atoms with Gasteiger partial charge in [-0.2, -0.15) is 0 Å². The molecule has 2 saturated carbocycles. The lowest BCUT2D eigenvalue weighted by Crippen LogP contribution is -2.08. The molecule has 0 spiro atoms. The standard InChI is InChI=1S/C14H24/c1-2-7-14(12-8-3-4-9-12)13-10-5-6-11-13/h7,12-13H,2-6,8-11H2,1H3. The van der Waals surface area contributed by atoms with Crippen LogP contribution in [0.1, 0.15) is 64.7 Å². The van der Waals surface area contributed by atoms with E-state index in [-0.39, 0.29) is 0 Å². The summed E-state index contributed by atoms with van der Waals surface area (Å²) in [5.74, 6) is 1.97. The zero-order valence-electron chi connectivity index (χ0n) is 9.60. The summed E-state index contributed by atoms with van der Waals surface area (Å²) in [5.41, 5.74) is 1.86. The molecule has 2 rings (SSSR count). The highest BCUT2D eigenvalue weighted by atomic mass is 14.3. The van der Waals surface area contributed by atoms with Crippen molar-refractivity contribution in [2.75, 3.05) is 0 Å². The lowest BCUT2D eigenvalue weighted by molar-refractivity contribution is 0.511. The minimum absolute atomic E-state index is 0.984. The highest BCUT2D eigenvalue weighted by molar-refractivity contribution is 5.13. The average molecular weight is 192 g/mol. The molecular formula is C14H24. The number of rotatable bonds is 3. The quantitative estimate of drug-likeness (QED) is 0.568. The molecule has 0 amide bonds. The van der Waals surface area contributed by atoms with E-state index in [2.05, 4.69) is 13.0 Å². The molecule has 0 radical (unpaired) electrons. The van der Waals surface area contributed by atoms with Gasteiger partial charge in [-0.1, -0.05) is 44.3 Å². The minimum atomic E-state index is 0.984. The maximum absolute atomic E-state index is 2.56. The molecule has 0 N–H and O–H groups in total. The Morgan fingerprint density at radius 3 is 1.71 bits per heavy atom. The highest BCUT2D eigenvalue weighted by Gasteiger charge is 2.26. The van der Waals surface area contributed by atoms with Crippen LogP contribution in [0.25, 0.3) is 0 Å². The number of hydrogen-bond acceptors (Lipinski definition) is 0. The van der Waals surface area contributed by atoms with Crippen molar-refractivity contribution < 1.29 is 0 Å². The van der Waals surface area contributed by atoms with Crippen molar-refractivity contribution in [3.05, 3.63) is 11.6 Å². The monoisotopic (exact) mass is 192 g/mol. The Kier molecular flexibility index (Phi) is 3.67. The van der Waals surface area contributed by atoms with Gasteiger partial charge in [0.15, 0.2) is 0 Å². The van der Waals surface area contributed by atoms with Gasteiger partial charge in [-0.15, -0.1) is 0 Å². The molecule has 2 fully saturated rings. The summed E-state index contributed by atoms with van der Waals surface area (Å²) in [5, 5.41) is 0. The average Bonchev–Trinajstić information content (AvgIpc) is 2.87. The molecule has 0 nitrogen and oxygen atoms in total. The predicted octanol–water partition coefficient (Wildman–Crippen LogP) is 4.70. The van der Waals surface area contributed by atoms with Crippen LogP contribution in [0.5, 0.6) is 0 Å². The van der Waals surface area contributed by atoms with Crippen molar-refractivity contribution in [2.45, 2.75) is 64.7 Å². The Morgan fingerprint density at radius 2 is 1.36 bits per heavy atom. The van der Waals surface area contributed by atoms with Gasteiger partial charge in [-0.3, -0.25) is 0 Å². The topological polar surface area (TPSA) is 0 Å². The Balaban J connectivity index is 2.02. The first-order valence-electron chi connectivity index (χ1n) is 6.61. The van der Waals surface area contributed by atoms with Crippen molar-refractivity contribution in [1.82, 2.24) is 0 Å². The third-order valence-corrected chi connectivity index (χ3v) is 4.09. The predicted molar refractivity (Wildman–Crippen MR) is 62.3 cm³/mol. The second-order valence-corrected chi connectivity index (χ2v) is 5.08. The van der Waals surface area contributed by atoms with Crippen LogP contribution < -0.4 is 0 Å². The summed E-state index contributed by atoms with van der Waals surface area (Å²) in [6.45, 7) is 2.30. The second kappa shape index (κ2) is 5.00. The summed E-state index contributed by atoms with van der Waals surface area (Å²) >= 11 is 0. The van der Waals surface area contributed by atoms with E-state index in [9.17, 15) is 0 Å². The van der Waals surface area contributed by atoms with E-state index >= 15 is 0 Å². The van der Waals surface area contributed by atoms with E-state index in [4.69, 9.17) is 0 Å². The van der Waals surface area contributed by atoms with Gasteiger partial charge in [-0.25, -0.2) is 0 Å². The van der Waals surface area contributed by atoms with Crippen molar-refractivity contribution in [3.63, 3.8) is 0 Å². The summed E-state index contributed by atoms with van der Waals surface area (Å²) in [7, 11) is 0. The highest BCUT2D eigenvalue weighted by Crippen LogP contribution is 2.41. The molecule has 80 valence electrons. The zero-order chi connectivity index (χ0) is 9.80. The van der Waals surface area contributed by atoms with Gasteiger partial charge in [0.1, 0.15) is 0 Å². The van der Waals surface area contributed by atoms with Crippen LogP contribution >= 0.6 is 0 Å². The van der Waals surface area contributed by atoms with Crippen LogP contribution in [0.3, 0.4) is 0 Å². The van der Waals surface area contributed by atoms with Gasteiger partial charge >= 0.3 is 0 Å². The van der Waals surface area contributed by atoms with Gasteiger partial charge in [0, 0.05) is 0 Å². The molecule has 0 heterocycles. The maximum Gasteiger partial charge on any atom is -0.0200 e. The number of allylic oxidation sites excluding steroid dienone is 2. The number of hydrogen-bond donors (Lipinski definition) is 0. The molecule has 2 aliphatic carbocycles. The second-order valence-electron chi connectivity index (χ2n) is 5.08. The van der Waals surface area contributed by atoms with Crippen LogP contribution in [0.2, 0.25) is 0 Å². The molecule has 0 bridgehead atoms. The van der Waals surface area contributed by atoms with Crippen LogP contribution in [0.4, 0.5) is 0 Å². The van der Waals surface area contributed by atoms with Crippen molar-refractivity contribution in [2.24, 2.45) is 11.8 Å². The maximum atomic E-state index is 2.56. The third-order valence-electron chi connectivity index (χ3n) is 4.09. The SMILES string of the molecule is CCC=C(C1CCCC1)C1CCCC1. The summed E-state index contributed by atoms with van der Waals surface area (Å²) in [6, 6.07) is 0. The van der Waals surface area contributed by atoms with Crippen molar-refractivity contribution in [1.29, 1.82) is 0 Å². The summed E-state index contributed by atoms with van der Waals surface area (Å²) < 4.78 is 0. The Morgan fingerprint density at radius 1 is 0.929 bits per heavy atom. The fraction of sp³-hybridized carbons (Fsp3) is 0.857. The molecule has 0 aromatic carbocycles. The van der Waals surface area contributed by atoms with Crippen LogP contribution in [-0.4, -0.2) is 0 Å². The molecule has 0 aliphatic heterocycles. The largest absolute Gasteiger partial charge is 0.0850 e. The van der Waals surface area contributed by atoms with Gasteiger partial charge in [0.2, 0.25) is 0 Å². The van der Waals surface area contributed by atoms with Crippen molar-refractivity contribution in [3.8, 4) is 0 Å². The summed E-state index contributed by atoms with van der Waals surface area (Å²) in [4.78, 5) is 0. The first kappa shape index (κ1) is 10.3. The fourth-order valence-corrected chi connectivity index (χ4v) is 3.42. The zero-order valence-corrected chi connectivity index (χ0v) is 9.60. The van der Waals surface area contributed by atoms with Gasteiger partial charge in [0.25, 0.3) is 0 Å².